The summed E-state index contributed by atoms with van der Waals surface area (Å²) in [7, 11) is 0. The molecule has 0 saturated carbocycles. The number of nitrogens with one attached hydrogen (secondary N) is 1. The van der Waals surface area contributed by atoms with E-state index >= 15 is 0 Å². The van der Waals surface area contributed by atoms with Crippen molar-refractivity contribution in [3.8, 4) is 0 Å². The van der Waals surface area contributed by atoms with Gasteiger partial charge in [0, 0.05) is 27.9 Å². The number of nitro benzene ring substituents is 1. The minimum atomic E-state index is -0.507. The summed E-state index contributed by atoms with van der Waals surface area (Å²) in [5.41, 5.74) is 7.61. The van der Waals surface area contributed by atoms with Gasteiger partial charge in [-0.05, 0) is 46.6 Å². The lowest BCUT2D eigenvalue weighted by molar-refractivity contribution is -0.384. The standard InChI is InChI=1S/C14H12BrN3O3/c1-8-2-4-10(18(20)21)7-13(8)17-14(19)9-3-5-11(15)12(16)6-9/h2-7H,16H2,1H3,(H,17,19). The fourth-order valence-electron chi connectivity index (χ4n) is 1.74. The maximum absolute atomic E-state index is 12.2. The van der Waals surface area contributed by atoms with E-state index in [0.29, 0.717) is 21.4 Å². The molecule has 0 unspecified atom stereocenters. The molecule has 0 atom stereocenters. The van der Waals surface area contributed by atoms with Crippen LogP contribution in [0.25, 0.3) is 0 Å². The molecule has 0 fully saturated rings. The van der Waals surface area contributed by atoms with Gasteiger partial charge in [-0.25, -0.2) is 0 Å². The number of nitro groups is 1. The topological polar surface area (TPSA) is 98.3 Å². The summed E-state index contributed by atoms with van der Waals surface area (Å²) in [4.78, 5) is 22.4. The highest BCUT2D eigenvalue weighted by Crippen LogP contribution is 2.24. The first kappa shape index (κ1) is 15.0. The molecule has 108 valence electrons. The molecule has 0 heterocycles. The van der Waals surface area contributed by atoms with Gasteiger partial charge in [0.25, 0.3) is 11.6 Å². The van der Waals surface area contributed by atoms with Gasteiger partial charge in [0.05, 0.1) is 10.6 Å². The van der Waals surface area contributed by atoms with Crippen LogP contribution in [-0.2, 0) is 0 Å². The summed E-state index contributed by atoms with van der Waals surface area (Å²) in [6.45, 7) is 1.76. The van der Waals surface area contributed by atoms with E-state index in [-0.39, 0.29) is 11.6 Å². The van der Waals surface area contributed by atoms with E-state index in [4.69, 9.17) is 5.73 Å². The molecule has 2 rings (SSSR count). The van der Waals surface area contributed by atoms with Crippen molar-refractivity contribution in [3.05, 3.63) is 62.1 Å². The largest absolute Gasteiger partial charge is 0.398 e. The Morgan fingerprint density at radius 1 is 1.29 bits per heavy atom. The predicted octanol–water partition coefficient (Wildman–Crippen LogP) is 3.50. The summed E-state index contributed by atoms with van der Waals surface area (Å²) in [5, 5.41) is 13.4. The van der Waals surface area contributed by atoms with Crippen LogP contribution >= 0.6 is 15.9 Å². The number of halogens is 1. The fraction of sp³-hybridized carbons (Fsp3) is 0.0714. The third kappa shape index (κ3) is 3.38. The first-order chi connectivity index (χ1) is 9.88. The first-order valence-electron chi connectivity index (χ1n) is 6.00. The summed E-state index contributed by atoms with van der Waals surface area (Å²) in [5.74, 6) is -0.377. The number of nitrogens with zero attached hydrogens (tertiary/aromatic N) is 1. The van der Waals surface area contributed by atoms with E-state index in [1.165, 1.54) is 18.2 Å². The fourth-order valence-corrected chi connectivity index (χ4v) is 1.98. The quantitative estimate of drug-likeness (QED) is 0.503. The molecular weight excluding hydrogens is 338 g/mol. The molecule has 1 amide bonds. The van der Waals surface area contributed by atoms with Crippen molar-refractivity contribution < 1.29 is 9.72 Å². The van der Waals surface area contributed by atoms with Gasteiger partial charge in [-0.2, -0.15) is 0 Å². The third-order valence-corrected chi connectivity index (χ3v) is 3.66. The number of carbonyl (C=O) groups is 1. The predicted molar refractivity (Wildman–Crippen MR) is 84.3 cm³/mol. The lowest BCUT2D eigenvalue weighted by Gasteiger charge is -2.09. The summed E-state index contributed by atoms with van der Waals surface area (Å²) < 4.78 is 0.700. The van der Waals surface area contributed by atoms with E-state index in [0.717, 1.165) is 5.56 Å². The Kier molecular flexibility index (Phi) is 4.23. The van der Waals surface area contributed by atoms with Gasteiger partial charge in [0.15, 0.2) is 0 Å². The van der Waals surface area contributed by atoms with Crippen LogP contribution in [-0.4, -0.2) is 10.8 Å². The highest BCUT2D eigenvalue weighted by molar-refractivity contribution is 9.10. The summed E-state index contributed by atoms with van der Waals surface area (Å²) >= 11 is 3.25. The number of benzene rings is 2. The Balaban J connectivity index is 2.28. The third-order valence-electron chi connectivity index (χ3n) is 2.94. The number of hydrogen-bond donors (Lipinski definition) is 2. The molecule has 0 radical (unpaired) electrons. The van der Waals surface area contributed by atoms with Gasteiger partial charge in [-0.1, -0.05) is 6.07 Å². The second kappa shape index (κ2) is 5.92. The monoisotopic (exact) mass is 349 g/mol. The number of carbonyl (C=O) groups excluding carboxylic acids is 1. The van der Waals surface area contributed by atoms with Gasteiger partial charge in [0.2, 0.25) is 0 Å². The Labute approximate surface area is 129 Å². The number of non-ortho nitro benzene ring substituents is 1. The second-order valence-corrected chi connectivity index (χ2v) is 5.30. The Bertz CT molecular complexity index is 731. The van der Waals surface area contributed by atoms with Crippen LogP contribution in [0.1, 0.15) is 15.9 Å². The second-order valence-electron chi connectivity index (χ2n) is 4.45. The zero-order chi connectivity index (χ0) is 15.6. The zero-order valence-corrected chi connectivity index (χ0v) is 12.7. The van der Waals surface area contributed by atoms with Crippen molar-refractivity contribution in [3.63, 3.8) is 0 Å². The lowest BCUT2D eigenvalue weighted by Crippen LogP contribution is -2.13. The molecular formula is C14H12BrN3O3. The molecule has 2 aromatic rings. The van der Waals surface area contributed by atoms with Gasteiger partial charge in [-0.3, -0.25) is 14.9 Å². The van der Waals surface area contributed by atoms with E-state index in [2.05, 4.69) is 21.2 Å². The normalized spacial score (nSPS) is 10.2. The molecule has 0 aliphatic carbocycles. The maximum Gasteiger partial charge on any atom is 0.271 e. The molecule has 0 aromatic heterocycles. The van der Waals surface area contributed by atoms with Crippen LogP contribution in [0.3, 0.4) is 0 Å². The maximum atomic E-state index is 12.2. The van der Waals surface area contributed by atoms with Crippen LogP contribution in [0.5, 0.6) is 0 Å². The van der Waals surface area contributed by atoms with Crippen molar-refractivity contribution in [1.82, 2.24) is 0 Å². The van der Waals surface area contributed by atoms with Crippen molar-refractivity contribution >= 4 is 38.9 Å². The zero-order valence-electron chi connectivity index (χ0n) is 11.1. The van der Waals surface area contributed by atoms with Crippen molar-refractivity contribution in [2.45, 2.75) is 6.92 Å². The molecule has 0 aliphatic rings. The average Bonchev–Trinajstić information content (AvgIpc) is 2.43. The molecule has 0 aliphatic heterocycles. The smallest absolute Gasteiger partial charge is 0.271 e. The molecule has 3 N–H and O–H groups in total. The first-order valence-corrected chi connectivity index (χ1v) is 6.79. The van der Waals surface area contributed by atoms with E-state index in [9.17, 15) is 14.9 Å². The molecule has 0 spiro atoms. The van der Waals surface area contributed by atoms with Gasteiger partial charge in [-0.15, -0.1) is 0 Å². The highest BCUT2D eigenvalue weighted by Gasteiger charge is 2.13. The number of nitrogens with two attached hydrogens (primary N) is 1. The molecule has 6 nitrogen and oxygen atoms in total. The van der Waals surface area contributed by atoms with Crippen molar-refractivity contribution in [2.24, 2.45) is 0 Å². The van der Waals surface area contributed by atoms with Crippen LogP contribution in [0, 0.1) is 17.0 Å². The number of nitrogen functional groups attached to an aromatic ring is 1. The minimum Gasteiger partial charge on any atom is -0.398 e. The molecule has 2 aromatic carbocycles. The van der Waals surface area contributed by atoms with Gasteiger partial charge >= 0.3 is 0 Å². The number of amides is 1. The number of aryl methyl sites for hydroxylation is 1. The van der Waals surface area contributed by atoms with Crippen molar-refractivity contribution in [2.75, 3.05) is 11.1 Å². The lowest BCUT2D eigenvalue weighted by atomic mass is 10.1. The van der Waals surface area contributed by atoms with Gasteiger partial charge < -0.3 is 11.1 Å². The minimum absolute atomic E-state index is 0.0776. The number of hydrogen-bond acceptors (Lipinski definition) is 4. The summed E-state index contributed by atoms with van der Waals surface area (Å²) in [6, 6.07) is 9.13. The van der Waals surface area contributed by atoms with Gasteiger partial charge in [0.1, 0.15) is 0 Å². The molecule has 0 bridgehead atoms. The van der Waals surface area contributed by atoms with E-state index in [1.807, 2.05) is 0 Å². The Morgan fingerprint density at radius 2 is 2.00 bits per heavy atom. The molecule has 7 heteroatoms. The van der Waals surface area contributed by atoms with Crippen LogP contribution in [0.2, 0.25) is 0 Å². The van der Waals surface area contributed by atoms with Crippen molar-refractivity contribution in [1.29, 1.82) is 0 Å². The SMILES string of the molecule is Cc1ccc([N+](=O)[O-])cc1NC(=O)c1ccc(Br)c(N)c1. The van der Waals surface area contributed by atoms with Crippen LogP contribution < -0.4 is 11.1 Å². The molecule has 21 heavy (non-hydrogen) atoms. The van der Waals surface area contributed by atoms with E-state index in [1.54, 1.807) is 25.1 Å². The van der Waals surface area contributed by atoms with E-state index < -0.39 is 4.92 Å². The van der Waals surface area contributed by atoms with Crippen LogP contribution in [0.4, 0.5) is 17.1 Å². The molecule has 0 saturated heterocycles. The highest BCUT2D eigenvalue weighted by atomic mass is 79.9. The number of rotatable bonds is 3. The van der Waals surface area contributed by atoms with Crippen LogP contribution in [0.15, 0.2) is 40.9 Å². The average molecular weight is 350 g/mol. The Hall–Kier alpha value is -2.41. The Morgan fingerprint density at radius 3 is 2.62 bits per heavy atom. The number of anilines is 2. The summed E-state index contributed by atoms with van der Waals surface area (Å²) in [6.07, 6.45) is 0.